The maximum atomic E-state index is 11.7. The van der Waals surface area contributed by atoms with Crippen LogP contribution in [0.5, 0.6) is 0 Å². The number of hydrogen-bond donors (Lipinski definition) is 0. The lowest BCUT2D eigenvalue weighted by Crippen LogP contribution is -2.23. The molecule has 2 nitrogen and oxygen atoms in total. The third-order valence-electron chi connectivity index (χ3n) is 1.71. The van der Waals surface area contributed by atoms with Crippen molar-refractivity contribution in [1.29, 1.82) is 0 Å². The number of rotatable bonds is 8. The zero-order valence-corrected chi connectivity index (χ0v) is 12.5. The van der Waals surface area contributed by atoms with E-state index in [-0.39, 0.29) is 21.2 Å². The molecule has 0 spiro atoms. The third kappa shape index (κ3) is 8.22. The number of hydrogen-bond acceptors (Lipinski definition) is 2. The molecule has 0 rings (SSSR count). The molecule has 0 aliphatic heterocycles. The maximum absolute atomic E-state index is 11.7. The van der Waals surface area contributed by atoms with Crippen LogP contribution in [0.1, 0.15) is 12.8 Å². The molecule has 0 fully saturated rings. The van der Waals surface area contributed by atoms with E-state index >= 15 is 0 Å². The zero-order valence-electron chi connectivity index (χ0n) is 8.53. The Morgan fingerprint density at radius 3 is 1.60 bits per heavy atom. The number of alkyl halides is 2. The summed E-state index contributed by atoms with van der Waals surface area (Å²) >= 11 is 6.63. The molecule has 5 heteroatoms. The van der Waals surface area contributed by atoms with Crippen molar-refractivity contribution in [1.82, 2.24) is 0 Å². The molecule has 0 bridgehead atoms. The second-order valence-corrected chi connectivity index (χ2v) is 8.06. The van der Waals surface area contributed by atoms with Crippen LogP contribution in [-0.4, -0.2) is 29.6 Å². The van der Waals surface area contributed by atoms with Crippen LogP contribution in [0.3, 0.4) is 0 Å². The van der Waals surface area contributed by atoms with Crippen LogP contribution in [0.2, 0.25) is 0 Å². The van der Waals surface area contributed by atoms with E-state index in [2.05, 4.69) is 45.0 Å². The van der Waals surface area contributed by atoms with Crippen LogP contribution >= 0.6 is 31.9 Å². The first-order chi connectivity index (χ1) is 6.91. The van der Waals surface area contributed by atoms with Crippen molar-refractivity contribution in [3.8, 4) is 0 Å². The summed E-state index contributed by atoms with van der Waals surface area (Å²) in [5, 5.41) is 0. The Bertz CT molecular complexity index is 275. The molecular formula is C10H16Br2O2S. The highest BCUT2D eigenvalue weighted by Crippen LogP contribution is 2.14. The summed E-state index contributed by atoms with van der Waals surface area (Å²) < 4.78 is 23.3. The standard InChI is InChI=1S/C10H16Br2O2S/c1-3-5-9(11)7-15(13,14)8-10(12)6-4-2/h3-4,9-10H,1-2,5-8H2. The zero-order chi connectivity index (χ0) is 11.9. The van der Waals surface area contributed by atoms with E-state index in [0.29, 0.717) is 12.8 Å². The fraction of sp³-hybridized carbons (Fsp3) is 0.600. The molecule has 15 heavy (non-hydrogen) atoms. The van der Waals surface area contributed by atoms with Crippen molar-refractivity contribution in [3.05, 3.63) is 25.3 Å². The Labute approximate surface area is 109 Å². The summed E-state index contributed by atoms with van der Waals surface area (Å²) in [5.41, 5.74) is 0. The van der Waals surface area contributed by atoms with E-state index in [1.165, 1.54) is 0 Å². The van der Waals surface area contributed by atoms with Crippen LogP contribution in [0, 0.1) is 0 Å². The summed E-state index contributed by atoms with van der Waals surface area (Å²) in [4.78, 5) is -0.0770. The van der Waals surface area contributed by atoms with Crippen molar-refractivity contribution >= 4 is 41.7 Å². The molecule has 0 radical (unpaired) electrons. The van der Waals surface area contributed by atoms with Crippen LogP contribution in [-0.2, 0) is 9.84 Å². The molecule has 2 unspecified atom stereocenters. The number of allylic oxidation sites excluding steroid dienone is 2. The number of sulfone groups is 1. The molecule has 0 heterocycles. The van der Waals surface area contributed by atoms with E-state index < -0.39 is 9.84 Å². The van der Waals surface area contributed by atoms with Crippen molar-refractivity contribution in [2.75, 3.05) is 11.5 Å². The monoisotopic (exact) mass is 358 g/mol. The predicted molar refractivity (Wildman–Crippen MR) is 73.7 cm³/mol. The minimum absolute atomic E-state index is 0.0385. The van der Waals surface area contributed by atoms with Crippen LogP contribution in [0.25, 0.3) is 0 Å². The highest BCUT2D eigenvalue weighted by atomic mass is 79.9. The van der Waals surface area contributed by atoms with Crippen LogP contribution in [0.4, 0.5) is 0 Å². The summed E-state index contributed by atoms with van der Waals surface area (Å²) in [6.45, 7) is 7.15. The molecule has 2 atom stereocenters. The van der Waals surface area contributed by atoms with Crippen molar-refractivity contribution in [3.63, 3.8) is 0 Å². The second kappa shape index (κ2) is 7.63. The van der Waals surface area contributed by atoms with Gasteiger partial charge in [-0.15, -0.1) is 13.2 Å². The Kier molecular flexibility index (Phi) is 7.83. The topological polar surface area (TPSA) is 34.1 Å². The quantitative estimate of drug-likeness (QED) is 0.493. The first-order valence-electron chi connectivity index (χ1n) is 4.61. The van der Waals surface area contributed by atoms with Gasteiger partial charge in [0.05, 0.1) is 11.5 Å². The smallest absolute Gasteiger partial charge is 0.152 e. The second-order valence-electron chi connectivity index (χ2n) is 3.32. The van der Waals surface area contributed by atoms with Gasteiger partial charge in [0, 0.05) is 9.65 Å². The molecule has 0 saturated heterocycles. The molecule has 0 aromatic heterocycles. The van der Waals surface area contributed by atoms with Crippen molar-refractivity contribution in [2.24, 2.45) is 0 Å². The van der Waals surface area contributed by atoms with Gasteiger partial charge in [-0.1, -0.05) is 44.0 Å². The highest BCUT2D eigenvalue weighted by Gasteiger charge is 2.19. The van der Waals surface area contributed by atoms with Crippen molar-refractivity contribution < 1.29 is 8.42 Å². The first kappa shape index (κ1) is 15.4. The van der Waals surface area contributed by atoms with Crippen LogP contribution < -0.4 is 0 Å². The fourth-order valence-corrected chi connectivity index (χ4v) is 5.57. The molecule has 0 aromatic carbocycles. The van der Waals surface area contributed by atoms with E-state index in [0.717, 1.165) is 0 Å². The lowest BCUT2D eigenvalue weighted by Gasteiger charge is -2.11. The third-order valence-corrected chi connectivity index (χ3v) is 5.79. The molecule has 0 amide bonds. The lowest BCUT2D eigenvalue weighted by atomic mass is 10.3. The van der Waals surface area contributed by atoms with Gasteiger partial charge in [0.2, 0.25) is 0 Å². The minimum atomic E-state index is -3.01. The Morgan fingerprint density at radius 1 is 1.00 bits per heavy atom. The molecule has 0 N–H and O–H groups in total. The van der Waals surface area contributed by atoms with Gasteiger partial charge in [-0.3, -0.25) is 0 Å². The molecular weight excluding hydrogens is 344 g/mol. The van der Waals surface area contributed by atoms with E-state index in [4.69, 9.17) is 0 Å². The first-order valence-corrected chi connectivity index (χ1v) is 8.27. The number of halogens is 2. The molecule has 0 aliphatic carbocycles. The normalized spacial score (nSPS) is 15.6. The maximum Gasteiger partial charge on any atom is 0.152 e. The van der Waals surface area contributed by atoms with Gasteiger partial charge < -0.3 is 0 Å². The lowest BCUT2D eigenvalue weighted by molar-refractivity contribution is 0.593. The van der Waals surface area contributed by atoms with E-state index in [1.54, 1.807) is 12.2 Å². The summed E-state index contributed by atoms with van der Waals surface area (Å²) in [6.07, 6.45) is 4.75. The fourth-order valence-electron chi connectivity index (χ4n) is 1.12. The SMILES string of the molecule is C=CCC(Br)CS(=O)(=O)CC(Br)CC=C. The van der Waals surface area contributed by atoms with Crippen LogP contribution in [0.15, 0.2) is 25.3 Å². The Hall–Kier alpha value is 0.390. The molecule has 0 aliphatic rings. The van der Waals surface area contributed by atoms with Gasteiger partial charge in [0.25, 0.3) is 0 Å². The van der Waals surface area contributed by atoms with Gasteiger partial charge in [-0.25, -0.2) is 8.42 Å². The minimum Gasteiger partial charge on any atom is -0.229 e. The van der Waals surface area contributed by atoms with Gasteiger partial charge in [-0.05, 0) is 12.8 Å². The van der Waals surface area contributed by atoms with E-state index in [9.17, 15) is 8.42 Å². The largest absolute Gasteiger partial charge is 0.229 e. The molecule has 0 saturated carbocycles. The molecule has 0 aromatic rings. The van der Waals surface area contributed by atoms with Crippen molar-refractivity contribution in [2.45, 2.75) is 22.5 Å². The van der Waals surface area contributed by atoms with Gasteiger partial charge >= 0.3 is 0 Å². The van der Waals surface area contributed by atoms with Gasteiger partial charge in [-0.2, -0.15) is 0 Å². The van der Waals surface area contributed by atoms with Gasteiger partial charge in [0.15, 0.2) is 9.84 Å². The van der Waals surface area contributed by atoms with Gasteiger partial charge in [0.1, 0.15) is 0 Å². The molecule has 88 valence electrons. The Balaban J connectivity index is 4.18. The highest BCUT2D eigenvalue weighted by molar-refractivity contribution is 9.10. The Morgan fingerprint density at radius 2 is 1.33 bits per heavy atom. The summed E-state index contributed by atoms with van der Waals surface area (Å²) in [5.74, 6) is 0.302. The summed E-state index contributed by atoms with van der Waals surface area (Å²) in [6, 6.07) is 0. The van der Waals surface area contributed by atoms with E-state index in [1.807, 2.05) is 0 Å². The summed E-state index contributed by atoms with van der Waals surface area (Å²) in [7, 11) is -3.01. The predicted octanol–water partition coefficient (Wildman–Crippen LogP) is 3.08. The average molecular weight is 360 g/mol. The average Bonchev–Trinajstić information content (AvgIpc) is 2.01.